The molecule has 0 bridgehead atoms. The lowest BCUT2D eigenvalue weighted by Crippen LogP contribution is -2.58. The number of benzene rings is 1. The smallest absolute Gasteiger partial charge is 0.406 e. The van der Waals surface area contributed by atoms with Crippen LogP contribution in [-0.4, -0.2) is 72.3 Å². The summed E-state index contributed by atoms with van der Waals surface area (Å²) in [7, 11) is 0. The molecule has 7 nitrogen and oxygen atoms in total. The summed E-state index contributed by atoms with van der Waals surface area (Å²) >= 11 is 0. The number of piperidine rings is 1. The van der Waals surface area contributed by atoms with Crippen molar-refractivity contribution in [1.29, 1.82) is 0 Å². The first-order valence-corrected chi connectivity index (χ1v) is 11.7. The monoisotopic (exact) mass is 468 g/mol. The summed E-state index contributed by atoms with van der Waals surface area (Å²) in [5.74, 6) is -0.0237. The summed E-state index contributed by atoms with van der Waals surface area (Å²) in [6.07, 6.45) is 0.513. The van der Waals surface area contributed by atoms with Crippen LogP contribution < -0.4 is 15.4 Å². The van der Waals surface area contributed by atoms with Gasteiger partial charge in [0.15, 0.2) is 0 Å². The quantitative estimate of drug-likeness (QED) is 0.643. The number of ether oxygens (including phenoxy) is 1. The van der Waals surface area contributed by atoms with E-state index in [2.05, 4.69) is 20.3 Å². The molecule has 2 amide bonds. The molecule has 3 saturated heterocycles. The van der Waals surface area contributed by atoms with Gasteiger partial charge in [0.05, 0.1) is 6.04 Å². The van der Waals surface area contributed by atoms with E-state index in [1.165, 1.54) is 18.6 Å². The van der Waals surface area contributed by atoms with Crippen molar-refractivity contribution >= 4 is 11.8 Å². The predicted molar refractivity (Wildman–Crippen MR) is 115 cm³/mol. The first-order chi connectivity index (χ1) is 15.8. The van der Waals surface area contributed by atoms with Crippen LogP contribution in [0.4, 0.5) is 13.2 Å². The third-order valence-electron chi connectivity index (χ3n) is 6.77. The largest absolute Gasteiger partial charge is 0.573 e. The maximum absolute atomic E-state index is 12.6. The Bertz CT molecular complexity index is 827. The number of carbonyl (C=O) groups excluding carboxylic acids is 2. The molecule has 0 saturated carbocycles. The zero-order valence-corrected chi connectivity index (χ0v) is 18.6. The zero-order chi connectivity index (χ0) is 23.4. The number of likely N-dealkylation sites (tertiary alicyclic amines) is 1. The first-order valence-electron chi connectivity index (χ1n) is 11.7. The third kappa shape index (κ3) is 6.38. The Balaban J connectivity index is 1.27. The van der Waals surface area contributed by atoms with Crippen molar-refractivity contribution in [2.24, 2.45) is 0 Å². The Labute approximate surface area is 191 Å². The molecule has 4 rings (SSSR count). The van der Waals surface area contributed by atoms with E-state index in [0.29, 0.717) is 32.5 Å². The van der Waals surface area contributed by atoms with Crippen LogP contribution in [0.2, 0.25) is 0 Å². The van der Waals surface area contributed by atoms with E-state index >= 15 is 0 Å². The highest BCUT2D eigenvalue weighted by Crippen LogP contribution is 2.27. The summed E-state index contributed by atoms with van der Waals surface area (Å²) in [4.78, 5) is 29.1. The number of nitrogens with zero attached hydrogens (tertiary/aromatic N) is 2. The van der Waals surface area contributed by atoms with Crippen molar-refractivity contribution in [3.8, 4) is 5.75 Å². The molecule has 3 atom stereocenters. The predicted octanol–water partition coefficient (Wildman–Crippen LogP) is 2.41. The molecule has 0 unspecified atom stereocenters. The molecule has 33 heavy (non-hydrogen) atoms. The molecule has 2 N–H and O–H groups in total. The molecule has 10 heteroatoms. The fraction of sp³-hybridized carbons (Fsp3) is 0.652. The van der Waals surface area contributed by atoms with E-state index in [-0.39, 0.29) is 35.7 Å². The number of rotatable bonds is 7. The van der Waals surface area contributed by atoms with Gasteiger partial charge in [-0.25, -0.2) is 0 Å². The lowest BCUT2D eigenvalue weighted by atomic mass is 10.0. The Morgan fingerprint density at radius 1 is 1.15 bits per heavy atom. The summed E-state index contributed by atoms with van der Waals surface area (Å²) in [6, 6.07) is 5.79. The lowest BCUT2D eigenvalue weighted by Gasteiger charge is -2.37. The van der Waals surface area contributed by atoms with Gasteiger partial charge in [0, 0.05) is 51.2 Å². The van der Waals surface area contributed by atoms with Gasteiger partial charge in [0.2, 0.25) is 11.8 Å². The minimum absolute atomic E-state index is 0.0200. The van der Waals surface area contributed by atoms with Crippen molar-refractivity contribution < 1.29 is 27.5 Å². The van der Waals surface area contributed by atoms with Gasteiger partial charge in [-0.15, -0.1) is 13.2 Å². The van der Waals surface area contributed by atoms with Crippen molar-refractivity contribution in [3.05, 3.63) is 29.8 Å². The molecule has 0 radical (unpaired) electrons. The molecular weight excluding hydrogens is 437 g/mol. The number of amides is 2. The minimum Gasteiger partial charge on any atom is -0.406 e. The van der Waals surface area contributed by atoms with Gasteiger partial charge in [-0.1, -0.05) is 12.1 Å². The third-order valence-corrected chi connectivity index (χ3v) is 6.77. The molecule has 3 aliphatic heterocycles. The highest BCUT2D eigenvalue weighted by Gasteiger charge is 2.43. The minimum atomic E-state index is -4.70. The molecule has 3 aliphatic rings. The number of hydrogen-bond acceptors (Lipinski definition) is 5. The molecule has 182 valence electrons. The van der Waals surface area contributed by atoms with Gasteiger partial charge in [-0.2, -0.15) is 0 Å². The zero-order valence-electron chi connectivity index (χ0n) is 18.6. The van der Waals surface area contributed by atoms with E-state index in [9.17, 15) is 22.8 Å². The van der Waals surface area contributed by atoms with Crippen LogP contribution in [0.15, 0.2) is 24.3 Å². The number of carbonyl (C=O) groups is 2. The molecule has 0 spiro atoms. The molecule has 1 aromatic rings. The summed E-state index contributed by atoms with van der Waals surface area (Å²) in [6.45, 7) is 3.44. The fourth-order valence-corrected chi connectivity index (χ4v) is 5.05. The van der Waals surface area contributed by atoms with E-state index in [4.69, 9.17) is 0 Å². The van der Waals surface area contributed by atoms with Crippen LogP contribution in [0.25, 0.3) is 0 Å². The number of halogens is 3. The number of fused-ring (bicyclic) bond motifs is 1. The van der Waals surface area contributed by atoms with Gasteiger partial charge in [-0.3, -0.25) is 14.5 Å². The number of nitrogens with one attached hydrogen (secondary N) is 2. The number of piperazine rings is 1. The lowest BCUT2D eigenvalue weighted by molar-refractivity contribution is -0.274. The topological polar surface area (TPSA) is 73.9 Å². The molecule has 3 heterocycles. The first kappa shape index (κ1) is 23.8. The van der Waals surface area contributed by atoms with Crippen molar-refractivity contribution in [3.63, 3.8) is 0 Å². The second-order valence-corrected chi connectivity index (χ2v) is 9.10. The van der Waals surface area contributed by atoms with Gasteiger partial charge in [0.1, 0.15) is 5.75 Å². The standard InChI is InChI=1S/C23H31F3N4O3/c24-23(25,26)33-19-7-4-16(5-8-19)13-27-17-12-20-22(32)28-14-18(30(20)15-17)6-9-21(31)29-10-2-1-3-11-29/h4-5,7-8,17-18,20,27H,1-3,6,9-15H2,(H,28,32)/t17-,18+,20-/m0/s1. The van der Waals surface area contributed by atoms with Crippen molar-refractivity contribution in [2.45, 2.75) is 69.6 Å². The van der Waals surface area contributed by atoms with Crippen LogP contribution in [0.1, 0.15) is 44.1 Å². The van der Waals surface area contributed by atoms with E-state index < -0.39 is 6.36 Å². The summed E-state index contributed by atoms with van der Waals surface area (Å²) in [5, 5.41) is 6.41. The van der Waals surface area contributed by atoms with Crippen LogP contribution >= 0.6 is 0 Å². The maximum atomic E-state index is 12.6. The fourth-order valence-electron chi connectivity index (χ4n) is 5.05. The van der Waals surface area contributed by atoms with E-state index in [1.807, 2.05) is 4.90 Å². The number of alkyl halides is 3. The molecular formula is C23H31F3N4O3. The summed E-state index contributed by atoms with van der Waals surface area (Å²) in [5.41, 5.74) is 0.836. The Kier molecular flexibility index (Phi) is 7.43. The second kappa shape index (κ2) is 10.3. The Morgan fingerprint density at radius 3 is 2.58 bits per heavy atom. The van der Waals surface area contributed by atoms with Crippen LogP contribution in [0.5, 0.6) is 5.75 Å². The molecule has 0 aliphatic carbocycles. The van der Waals surface area contributed by atoms with Gasteiger partial charge in [-0.05, 0) is 49.8 Å². The van der Waals surface area contributed by atoms with Crippen molar-refractivity contribution in [2.75, 3.05) is 26.2 Å². The Hall–Kier alpha value is -2.33. The SMILES string of the molecule is O=C1NC[C@@H](CCC(=O)N2CCCCC2)N2C[C@@H](NCc3ccc(OC(F)(F)F)cc3)C[C@@H]12. The van der Waals surface area contributed by atoms with Gasteiger partial charge < -0.3 is 20.3 Å². The Morgan fingerprint density at radius 2 is 1.88 bits per heavy atom. The molecule has 1 aromatic carbocycles. The second-order valence-electron chi connectivity index (χ2n) is 9.10. The van der Waals surface area contributed by atoms with Crippen molar-refractivity contribution in [1.82, 2.24) is 20.4 Å². The van der Waals surface area contributed by atoms with E-state index in [1.54, 1.807) is 12.1 Å². The van der Waals surface area contributed by atoms with E-state index in [0.717, 1.165) is 37.9 Å². The van der Waals surface area contributed by atoms with Crippen LogP contribution in [0, 0.1) is 0 Å². The molecule has 0 aromatic heterocycles. The average Bonchev–Trinajstić information content (AvgIpc) is 3.23. The normalized spacial score (nSPS) is 26.1. The van der Waals surface area contributed by atoms with Gasteiger partial charge >= 0.3 is 6.36 Å². The average molecular weight is 469 g/mol. The number of hydrogen-bond donors (Lipinski definition) is 2. The van der Waals surface area contributed by atoms with Gasteiger partial charge in [0.25, 0.3) is 0 Å². The summed E-state index contributed by atoms with van der Waals surface area (Å²) < 4.78 is 40.8. The highest BCUT2D eigenvalue weighted by atomic mass is 19.4. The molecule has 3 fully saturated rings. The highest BCUT2D eigenvalue weighted by molar-refractivity contribution is 5.83. The van der Waals surface area contributed by atoms with Crippen LogP contribution in [-0.2, 0) is 16.1 Å². The van der Waals surface area contributed by atoms with Crippen LogP contribution in [0.3, 0.4) is 0 Å². The maximum Gasteiger partial charge on any atom is 0.573 e.